The highest BCUT2D eigenvalue weighted by Crippen LogP contribution is 2.38. The lowest BCUT2D eigenvalue weighted by Crippen LogP contribution is -2.15. The van der Waals surface area contributed by atoms with Crippen molar-refractivity contribution in [2.45, 2.75) is 25.7 Å². The summed E-state index contributed by atoms with van der Waals surface area (Å²) in [5, 5.41) is 7.89. The Bertz CT molecular complexity index is 1170. The number of carbonyl (C=O) groups excluding carboxylic acids is 1. The zero-order valence-corrected chi connectivity index (χ0v) is 18.7. The standard InChI is InChI=1S/C23H24ClN5O3/c1-3-4-16(13-29(2)14-30)18-5-6-19-21(22(18)32-17-11-20(24)28-25-12-17)27-23(26-19)15-7-9-31-10-8-15/h3-6,11-15H,7-10H2,1-2H3,(H,26,27)/b4-3-,16-13+. The fraction of sp³-hybridized carbons (Fsp3) is 0.304. The first-order chi connectivity index (χ1) is 15.6. The number of allylic oxidation sites excluding steroid dienone is 3. The van der Waals surface area contributed by atoms with Gasteiger partial charge in [-0.25, -0.2) is 4.98 Å². The highest BCUT2D eigenvalue weighted by molar-refractivity contribution is 6.29. The van der Waals surface area contributed by atoms with Gasteiger partial charge in [0.2, 0.25) is 6.41 Å². The van der Waals surface area contributed by atoms with Crippen LogP contribution in [0.3, 0.4) is 0 Å². The maximum Gasteiger partial charge on any atom is 0.213 e. The molecule has 0 bridgehead atoms. The third-order valence-corrected chi connectivity index (χ3v) is 5.40. The van der Waals surface area contributed by atoms with Crippen molar-refractivity contribution in [2.75, 3.05) is 20.3 Å². The number of benzene rings is 1. The summed E-state index contributed by atoms with van der Waals surface area (Å²) in [6.07, 6.45) is 9.63. The van der Waals surface area contributed by atoms with Crippen molar-refractivity contribution in [3.05, 3.63) is 59.3 Å². The van der Waals surface area contributed by atoms with Crippen LogP contribution in [0.25, 0.3) is 16.6 Å². The number of halogens is 1. The number of aromatic amines is 1. The Morgan fingerprint density at radius 1 is 1.34 bits per heavy atom. The molecule has 2 aromatic heterocycles. The molecule has 0 atom stereocenters. The summed E-state index contributed by atoms with van der Waals surface area (Å²) in [4.78, 5) is 21.1. The lowest BCUT2D eigenvalue weighted by Gasteiger charge is -2.19. The van der Waals surface area contributed by atoms with E-state index in [1.165, 1.54) is 11.1 Å². The number of hydrogen-bond acceptors (Lipinski definition) is 6. The Kier molecular flexibility index (Phi) is 6.82. The predicted molar refractivity (Wildman–Crippen MR) is 123 cm³/mol. The van der Waals surface area contributed by atoms with Crippen molar-refractivity contribution in [2.24, 2.45) is 0 Å². The van der Waals surface area contributed by atoms with Gasteiger partial charge in [0.25, 0.3) is 0 Å². The molecule has 3 heterocycles. The normalized spacial score (nSPS) is 15.4. The SMILES string of the molecule is C/C=C\C(=C/N(C)C=O)c1ccc2[nH]c(C3CCOCC3)nc2c1Oc1cnnc(Cl)c1. The number of rotatable bonds is 7. The number of hydrogen-bond donors (Lipinski definition) is 1. The van der Waals surface area contributed by atoms with Crippen LogP contribution >= 0.6 is 11.6 Å². The zero-order chi connectivity index (χ0) is 22.5. The van der Waals surface area contributed by atoms with Crippen molar-refractivity contribution in [3.63, 3.8) is 0 Å². The first-order valence-electron chi connectivity index (χ1n) is 10.4. The number of H-pyrrole nitrogens is 1. The summed E-state index contributed by atoms with van der Waals surface area (Å²) >= 11 is 6.02. The minimum absolute atomic E-state index is 0.228. The van der Waals surface area contributed by atoms with Crippen LogP contribution in [0.15, 0.2) is 42.7 Å². The fourth-order valence-electron chi connectivity index (χ4n) is 3.69. The maximum atomic E-state index is 11.2. The fourth-order valence-corrected chi connectivity index (χ4v) is 3.85. The number of amides is 1. The molecule has 166 valence electrons. The van der Waals surface area contributed by atoms with E-state index < -0.39 is 0 Å². The average molecular weight is 454 g/mol. The Balaban J connectivity index is 1.87. The molecule has 0 spiro atoms. The molecule has 1 fully saturated rings. The molecule has 8 nitrogen and oxygen atoms in total. The van der Waals surface area contributed by atoms with Crippen LogP contribution < -0.4 is 4.74 Å². The molecule has 1 aliphatic heterocycles. The van der Waals surface area contributed by atoms with Crippen LogP contribution in [0.2, 0.25) is 5.15 Å². The molecule has 3 aromatic rings. The smallest absolute Gasteiger partial charge is 0.213 e. The van der Waals surface area contributed by atoms with E-state index in [0.717, 1.165) is 54.9 Å². The van der Waals surface area contributed by atoms with E-state index in [4.69, 9.17) is 26.1 Å². The zero-order valence-electron chi connectivity index (χ0n) is 17.9. The summed E-state index contributed by atoms with van der Waals surface area (Å²) in [6.45, 7) is 3.37. The Morgan fingerprint density at radius 3 is 2.88 bits per heavy atom. The van der Waals surface area contributed by atoms with Gasteiger partial charge in [-0.05, 0) is 31.9 Å². The summed E-state index contributed by atoms with van der Waals surface area (Å²) in [5.41, 5.74) is 3.13. The summed E-state index contributed by atoms with van der Waals surface area (Å²) < 4.78 is 11.8. The Hall–Kier alpha value is -3.23. The lowest BCUT2D eigenvalue weighted by molar-refractivity contribution is -0.114. The van der Waals surface area contributed by atoms with E-state index in [9.17, 15) is 4.79 Å². The number of fused-ring (bicyclic) bond motifs is 1. The van der Waals surface area contributed by atoms with Gasteiger partial charge in [0, 0.05) is 49.6 Å². The predicted octanol–water partition coefficient (Wildman–Crippen LogP) is 4.70. The molecule has 4 rings (SSSR count). The van der Waals surface area contributed by atoms with Crippen molar-refractivity contribution < 1.29 is 14.3 Å². The molecule has 9 heteroatoms. The second-order valence-corrected chi connectivity index (χ2v) is 7.91. The summed E-state index contributed by atoms with van der Waals surface area (Å²) in [5.74, 6) is 2.21. The second-order valence-electron chi connectivity index (χ2n) is 7.52. The number of nitrogens with zero attached hydrogens (tertiary/aromatic N) is 4. The van der Waals surface area contributed by atoms with Crippen LogP contribution in [0.4, 0.5) is 0 Å². The molecule has 1 aliphatic rings. The maximum absolute atomic E-state index is 11.2. The van der Waals surface area contributed by atoms with Gasteiger partial charge in [0.1, 0.15) is 11.3 Å². The van der Waals surface area contributed by atoms with Gasteiger partial charge < -0.3 is 19.4 Å². The molecule has 1 N–H and O–H groups in total. The van der Waals surface area contributed by atoms with Gasteiger partial charge in [-0.15, -0.1) is 5.10 Å². The largest absolute Gasteiger partial charge is 0.453 e. The quantitative estimate of drug-likeness (QED) is 0.411. The van der Waals surface area contributed by atoms with Crippen molar-refractivity contribution >= 4 is 34.6 Å². The number of aromatic nitrogens is 4. The minimum Gasteiger partial charge on any atom is -0.453 e. The van der Waals surface area contributed by atoms with Crippen molar-refractivity contribution in [3.8, 4) is 11.5 Å². The average Bonchev–Trinajstić information content (AvgIpc) is 3.24. The molecule has 32 heavy (non-hydrogen) atoms. The van der Waals surface area contributed by atoms with Crippen LogP contribution in [0.5, 0.6) is 11.5 Å². The van der Waals surface area contributed by atoms with Crippen LogP contribution in [-0.2, 0) is 9.53 Å². The number of nitrogens with one attached hydrogen (secondary N) is 1. The number of carbonyl (C=O) groups is 1. The number of imidazole rings is 1. The van der Waals surface area contributed by atoms with Gasteiger partial charge in [0.15, 0.2) is 16.7 Å². The minimum atomic E-state index is 0.228. The van der Waals surface area contributed by atoms with Gasteiger partial charge in [-0.2, -0.15) is 5.10 Å². The van der Waals surface area contributed by atoms with Gasteiger partial charge in [-0.1, -0.05) is 23.8 Å². The van der Waals surface area contributed by atoms with E-state index in [-0.39, 0.29) is 5.15 Å². The second kappa shape index (κ2) is 9.93. The molecule has 0 aliphatic carbocycles. The molecule has 1 saturated heterocycles. The summed E-state index contributed by atoms with van der Waals surface area (Å²) in [7, 11) is 1.68. The van der Waals surface area contributed by atoms with E-state index >= 15 is 0 Å². The van der Waals surface area contributed by atoms with Crippen LogP contribution in [0, 0.1) is 0 Å². The molecule has 0 radical (unpaired) electrons. The van der Waals surface area contributed by atoms with Gasteiger partial charge in [0.05, 0.1) is 11.7 Å². The molecule has 0 unspecified atom stereocenters. The van der Waals surface area contributed by atoms with Crippen LogP contribution in [-0.4, -0.2) is 51.7 Å². The third kappa shape index (κ3) is 4.81. The molecule has 1 amide bonds. The van der Waals surface area contributed by atoms with E-state index in [0.29, 0.717) is 22.9 Å². The highest BCUT2D eigenvalue weighted by atomic mass is 35.5. The van der Waals surface area contributed by atoms with E-state index in [1.54, 1.807) is 19.3 Å². The topological polar surface area (TPSA) is 93.2 Å². The molecule has 0 saturated carbocycles. The monoisotopic (exact) mass is 453 g/mol. The van der Waals surface area contributed by atoms with E-state index in [2.05, 4.69) is 15.2 Å². The Labute approximate surface area is 190 Å². The first kappa shape index (κ1) is 22.0. The molecular weight excluding hydrogens is 430 g/mol. The highest BCUT2D eigenvalue weighted by Gasteiger charge is 2.22. The Morgan fingerprint density at radius 2 is 2.16 bits per heavy atom. The van der Waals surface area contributed by atoms with Crippen molar-refractivity contribution in [1.82, 2.24) is 25.1 Å². The van der Waals surface area contributed by atoms with Crippen molar-refractivity contribution in [1.29, 1.82) is 0 Å². The third-order valence-electron chi connectivity index (χ3n) is 5.22. The lowest BCUT2D eigenvalue weighted by atomic mass is 10.00. The molecule has 1 aromatic carbocycles. The number of ether oxygens (including phenoxy) is 2. The van der Waals surface area contributed by atoms with Gasteiger partial charge >= 0.3 is 0 Å². The first-order valence-corrected chi connectivity index (χ1v) is 10.8. The van der Waals surface area contributed by atoms with Crippen LogP contribution in [0.1, 0.15) is 37.1 Å². The van der Waals surface area contributed by atoms with Gasteiger partial charge in [-0.3, -0.25) is 4.79 Å². The molecular formula is C23H24ClN5O3. The van der Waals surface area contributed by atoms with E-state index in [1.807, 2.05) is 31.2 Å². The summed E-state index contributed by atoms with van der Waals surface area (Å²) in [6, 6.07) is 5.52.